The molecule has 1 rings (SSSR count). The third kappa shape index (κ3) is 3.18. The summed E-state index contributed by atoms with van der Waals surface area (Å²) < 4.78 is 5.21. The number of alkyl halides is 1. The fourth-order valence-corrected chi connectivity index (χ4v) is 1.30. The molecule has 0 atom stereocenters. The number of aromatic nitrogens is 2. The zero-order valence-corrected chi connectivity index (χ0v) is 9.34. The molecule has 14 heavy (non-hydrogen) atoms. The van der Waals surface area contributed by atoms with Crippen molar-refractivity contribution < 1.29 is 4.42 Å². The lowest BCUT2D eigenvalue weighted by atomic mass is 10.0. The second kappa shape index (κ2) is 5.86. The molecule has 0 saturated carbocycles. The van der Waals surface area contributed by atoms with Crippen LogP contribution in [0.2, 0.25) is 0 Å². The van der Waals surface area contributed by atoms with Gasteiger partial charge in [0.25, 0.3) is 0 Å². The molecule has 4 nitrogen and oxygen atoms in total. The van der Waals surface area contributed by atoms with Gasteiger partial charge in [0.1, 0.15) is 5.88 Å². The van der Waals surface area contributed by atoms with Crippen LogP contribution in [0.25, 0.3) is 0 Å². The highest BCUT2D eigenvalue weighted by molar-refractivity contribution is 6.16. The molecule has 0 bridgehead atoms. The van der Waals surface area contributed by atoms with Gasteiger partial charge < -0.3 is 9.73 Å². The Morgan fingerprint density at radius 1 is 1.36 bits per heavy atom. The average Bonchev–Trinajstić information content (AvgIpc) is 2.67. The van der Waals surface area contributed by atoms with Crippen LogP contribution in [0.3, 0.4) is 0 Å². The van der Waals surface area contributed by atoms with E-state index in [2.05, 4.69) is 29.4 Å². The number of nitrogens with one attached hydrogen (secondary N) is 1. The van der Waals surface area contributed by atoms with Gasteiger partial charge in [0, 0.05) is 6.54 Å². The molecule has 1 aromatic rings. The fourth-order valence-electron chi connectivity index (χ4n) is 1.19. The van der Waals surface area contributed by atoms with E-state index in [0.29, 0.717) is 17.8 Å². The Hall–Kier alpha value is -0.770. The number of hydrogen-bond acceptors (Lipinski definition) is 4. The second-order valence-corrected chi connectivity index (χ2v) is 3.47. The van der Waals surface area contributed by atoms with E-state index in [1.54, 1.807) is 0 Å². The Labute approximate surface area is 89.0 Å². The summed E-state index contributed by atoms with van der Waals surface area (Å²) in [5.74, 6) is 1.37. The van der Waals surface area contributed by atoms with Crippen LogP contribution >= 0.6 is 11.6 Å². The third-order valence-electron chi connectivity index (χ3n) is 2.28. The van der Waals surface area contributed by atoms with Gasteiger partial charge in [-0.1, -0.05) is 31.8 Å². The maximum atomic E-state index is 5.53. The summed E-state index contributed by atoms with van der Waals surface area (Å²) >= 11 is 5.53. The summed E-state index contributed by atoms with van der Waals surface area (Å²) in [5, 5.41) is 10.7. The predicted octanol–water partition coefficient (Wildman–Crippen LogP) is 2.66. The van der Waals surface area contributed by atoms with Gasteiger partial charge in [0.05, 0.1) is 0 Å². The third-order valence-corrected chi connectivity index (χ3v) is 2.51. The standard InChI is InChI=1S/C9H16ClN3O/c1-3-7(4-2)6-11-9-13-12-8(5-10)14-9/h7H,3-6H2,1-2H3,(H,11,13). The molecule has 1 aromatic heterocycles. The van der Waals surface area contributed by atoms with Crippen LogP contribution in [0.1, 0.15) is 32.6 Å². The average molecular weight is 218 g/mol. The van der Waals surface area contributed by atoms with E-state index in [-0.39, 0.29) is 5.88 Å². The molecule has 80 valence electrons. The van der Waals surface area contributed by atoms with Crippen molar-refractivity contribution in [3.05, 3.63) is 5.89 Å². The molecule has 0 amide bonds. The number of hydrogen-bond donors (Lipinski definition) is 1. The normalized spacial score (nSPS) is 10.9. The monoisotopic (exact) mass is 217 g/mol. The summed E-state index contributed by atoms with van der Waals surface area (Å²) in [6.45, 7) is 5.22. The summed E-state index contributed by atoms with van der Waals surface area (Å²) in [7, 11) is 0. The quantitative estimate of drug-likeness (QED) is 0.745. The van der Waals surface area contributed by atoms with Gasteiger partial charge in [-0.2, -0.15) is 0 Å². The molecule has 5 heteroatoms. The zero-order valence-electron chi connectivity index (χ0n) is 8.59. The van der Waals surface area contributed by atoms with Gasteiger partial charge in [0.2, 0.25) is 5.89 Å². The van der Waals surface area contributed by atoms with Gasteiger partial charge >= 0.3 is 6.01 Å². The number of anilines is 1. The van der Waals surface area contributed by atoms with E-state index >= 15 is 0 Å². The molecule has 0 aliphatic carbocycles. The lowest BCUT2D eigenvalue weighted by Crippen LogP contribution is -2.12. The van der Waals surface area contributed by atoms with Crippen LogP contribution < -0.4 is 5.32 Å². The summed E-state index contributed by atoms with van der Waals surface area (Å²) in [6, 6.07) is 0.465. The van der Waals surface area contributed by atoms with E-state index in [1.807, 2.05) is 0 Å². The molecule has 1 N–H and O–H groups in total. The molecule has 0 fully saturated rings. The molecule has 0 aliphatic heterocycles. The first-order valence-electron chi connectivity index (χ1n) is 4.92. The van der Waals surface area contributed by atoms with Gasteiger partial charge in [-0.05, 0) is 5.92 Å². The van der Waals surface area contributed by atoms with Gasteiger partial charge in [-0.3, -0.25) is 0 Å². The van der Waals surface area contributed by atoms with E-state index in [1.165, 1.54) is 0 Å². The van der Waals surface area contributed by atoms with Gasteiger partial charge in [0.15, 0.2) is 0 Å². The molecule has 0 spiro atoms. The van der Waals surface area contributed by atoms with E-state index < -0.39 is 0 Å². The first-order chi connectivity index (χ1) is 6.80. The van der Waals surface area contributed by atoms with E-state index in [9.17, 15) is 0 Å². The molecule has 1 heterocycles. The minimum atomic E-state index is 0.264. The topological polar surface area (TPSA) is 51.0 Å². The van der Waals surface area contributed by atoms with Crippen molar-refractivity contribution in [2.45, 2.75) is 32.6 Å². The van der Waals surface area contributed by atoms with Gasteiger partial charge in [-0.25, -0.2) is 0 Å². The first kappa shape index (κ1) is 11.3. The highest BCUT2D eigenvalue weighted by Gasteiger charge is 2.07. The van der Waals surface area contributed by atoms with Crippen LogP contribution in [0, 0.1) is 5.92 Å². The van der Waals surface area contributed by atoms with Crippen LogP contribution in [-0.2, 0) is 5.88 Å². The molecule has 0 aliphatic rings. The highest BCUT2D eigenvalue weighted by Crippen LogP contribution is 2.11. The summed E-state index contributed by atoms with van der Waals surface area (Å²) in [4.78, 5) is 0. The molecular weight excluding hydrogens is 202 g/mol. The first-order valence-corrected chi connectivity index (χ1v) is 5.45. The number of rotatable bonds is 6. The second-order valence-electron chi connectivity index (χ2n) is 3.20. The lowest BCUT2D eigenvalue weighted by Gasteiger charge is -2.10. The molecule has 0 saturated heterocycles. The SMILES string of the molecule is CCC(CC)CNc1nnc(CCl)o1. The fraction of sp³-hybridized carbons (Fsp3) is 0.778. The molecule has 0 radical (unpaired) electrons. The van der Waals surface area contributed by atoms with Crippen molar-refractivity contribution in [3.8, 4) is 0 Å². The number of halogens is 1. The van der Waals surface area contributed by atoms with Crippen molar-refractivity contribution in [2.75, 3.05) is 11.9 Å². The largest absolute Gasteiger partial charge is 0.407 e. The Morgan fingerprint density at radius 3 is 2.57 bits per heavy atom. The van der Waals surface area contributed by atoms with Crippen molar-refractivity contribution >= 4 is 17.6 Å². The lowest BCUT2D eigenvalue weighted by molar-refractivity contribution is 0.491. The van der Waals surface area contributed by atoms with Crippen LogP contribution in [0.4, 0.5) is 6.01 Å². The molecular formula is C9H16ClN3O. The van der Waals surface area contributed by atoms with Crippen LogP contribution in [-0.4, -0.2) is 16.7 Å². The maximum absolute atomic E-state index is 5.53. The van der Waals surface area contributed by atoms with Crippen molar-refractivity contribution in [2.24, 2.45) is 5.92 Å². The summed E-state index contributed by atoms with van der Waals surface area (Å²) in [6.07, 6.45) is 2.31. The Balaban J connectivity index is 2.37. The maximum Gasteiger partial charge on any atom is 0.315 e. The van der Waals surface area contributed by atoms with E-state index in [0.717, 1.165) is 19.4 Å². The minimum Gasteiger partial charge on any atom is -0.407 e. The van der Waals surface area contributed by atoms with Crippen molar-refractivity contribution in [1.29, 1.82) is 0 Å². The van der Waals surface area contributed by atoms with E-state index in [4.69, 9.17) is 16.0 Å². The number of nitrogens with zero attached hydrogens (tertiary/aromatic N) is 2. The Morgan fingerprint density at radius 2 is 2.07 bits per heavy atom. The smallest absolute Gasteiger partial charge is 0.315 e. The highest BCUT2D eigenvalue weighted by atomic mass is 35.5. The molecule has 0 aromatic carbocycles. The Bertz CT molecular complexity index is 260. The van der Waals surface area contributed by atoms with Crippen LogP contribution in [0.5, 0.6) is 0 Å². The summed E-state index contributed by atoms with van der Waals surface area (Å²) in [5.41, 5.74) is 0. The van der Waals surface area contributed by atoms with Crippen molar-refractivity contribution in [3.63, 3.8) is 0 Å². The van der Waals surface area contributed by atoms with Crippen LogP contribution in [0.15, 0.2) is 4.42 Å². The predicted molar refractivity (Wildman–Crippen MR) is 56.4 cm³/mol. The Kier molecular flexibility index (Phi) is 4.73. The zero-order chi connectivity index (χ0) is 10.4. The minimum absolute atomic E-state index is 0.264. The molecule has 0 unspecified atom stereocenters. The van der Waals surface area contributed by atoms with Crippen molar-refractivity contribution in [1.82, 2.24) is 10.2 Å². The van der Waals surface area contributed by atoms with Gasteiger partial charge in [-0.15, -0.1) is 16.7 Å².